The van der Waals surface area contributed by atoms with Gasteiger partial charge in [0, 0.05) is 24.5 Å². The summed E-state index contributed by atoms with van der Waals surface area (Å²) in [6.45, 7) is 0.430. The first-order valence-corrected chi connectivity index (χ1v) is 8.86. The van der Waals surface area contributed by atoms with E-state index >= 15 is 0 Å². The number of amides is 1. The molecule has 0 aliphatic heterocycles. The number of carbonyl (C=O) groups excluding carboxylic acids is 1. The molecule has 5 heteroatoms. The molecule has 0 radical (unpaired) electrons. The van der Waals surface area contributed by atoms with E-state index in [1.807, 2.05) is 77.6 Å². The first kappa shape index (κ1) is 18.6. The number of rotatable bonds is 8. The highest BCUT2D eigenvalue weighted by atomic mass is 16.5. The minimum atomic E-state index is -0.104. The monoisotopic (exact) mass is 364 g/mol. The van der Waals surface area contributed by atoms with Gasteiger partial charge in [0.05, 0.1) is 26.7 Å². The SMILES string of the molecule is COc1cccc([C@@H](CC(=O)NCc2ccccc2OC)n2cccc2)c1. The van der Waals surface area contributed by atoms with Gasteiger partial charge in [0.25, 0.3) is 0 Å². The average molecular weight is 364 g/mol. The van der Waals surface area contributed by atoms with Gasteiger partial charge in [-0.3, -0.25) is 4.79 Å². The molecule has 140 valence electrons. The number of hydrogen-bond acceptors (Lipinski definition) is 3. The smallest absolute Gasteiger partial charge is 0.222 e. The van der Waals surface area contributed by atoms with E-state index in [1.165, 1.54) is 0 Å². The van der Waals surface area contributed by atoms with E-state index in [2.05, 4.69) is 5.32 Å². The standard InChI is InChI=1S/C22H24N2O3/c1-26-19-10-7-9-17(14-19)20(24-12-5-6-13-24)15-22(25)23-16-18-8-3-4-11-21(18)27-2/h3-14,20H,15-16H2,1-2H3,(H,23,25)/t20-/m1/s1. The van der Waals surface area contributed by atoms with Crippen LogP contribution in [0.25, 0.3) is 0 Å². The van der Waals surface area contributed by atoms with Crippen molar-refractivity contribution in [1.29, 1.82) is 0 Å². The number of nitrogens with zero attached hydrogens (tertiary/aromatic N) is 1. The first-order chi connectivity index (χ1) is 13.2. The van der Waals surface area contributed by atoms with Crippen molar-refractivity contribution in [3.8, 4) is 11.5 Å². The van der Waals surface area contributed by atoms with Gasteiger partial charge in [-0.1, -0.05) is 30.3 Å². The molecule has 0 unspecified atom stereocenters. The van der Waals surface area contributed by atoms with Crippen molar-refractivity contribution in [3.05, 3.63) is 84.2 Å². The summed E-state index contributed by atoms with van der Waals surface area (Å²) in [5.74, 6) is 1.52. The highest BCUT2D eigenvalue weighted by Crippen LogP contribution is 2.26. The van der Waals surface area contributed by atoms with E-state index < -0.39 is 0 Å². The Bertz CT molecular complexity index is 875. The minimum Gasteiger partial charge on any atom is -0.497 e. The number of carbonyl (C=O) groups is 1. The maximum atomic E-state index is 12.7. The number of benzene rings is 2. The van der Waals surface area contributed by atoms with Crippen molar-refractivity contribution < 1.29 is 14.3 Å². The zero-order valence-corrected chi connectivity index (χ0v) is 15.6. The molecule has 1 N–H and O–H groups in total. The van der Waals surface area contributed by atoms with Crippen LogP contribution in [0.15, 0.2) is 73.1 Å². The second-order valence-corrected chi connectivity index (χ2v) is 6.22. The fourth-order valence-corrected chi connectivity index (χ4v) is 3.09. The van der Waals surface area contributed by atoms with Crippen LogP contribution >= 0.6 is 0 Å². The van der Waals surface area contributed by atoms with Crippen molar-refractivity contribution in [3.63, 3.8) is 0 Å². The molecular weight excluding hydrogens is 340 g/mol. The summed E-state index contributed by atoms with van der Waals surface area (Å²) in [6.07, 6.45) is 4.27. The van der Waals surface area contributed by atoms with E-state index in [9.17, 15) is 4.79 Å². The predicted octanol–water partition coefficient (Wildman–Crippen LogP) is 3.80. The summed E-state index contributed by atoms with van der Waals surface area (Å²) in [6, 6.07) is 19.3. The molecule has 1 heterocycles. The van der Waals surface area contributed by atoms with Gasteiger partial charge in [-0.25, -0.2) is 0 Å². The average Bonchev–Trinajstić information content (AvgIpc) is 3.25. The molecule has 5 nitrogen and oxygen atoms in total. The Morgan fingerprint density at radius 1 is 1.00 bits per heavy atom. The van der Waals surface area contributed by atoms with Gasteiger partial charge < -0.3 is 19.4 Å². The van der Waals surface area contributed by atoms with Crippen LogP contribution in [0.5, 0.6) is 11.5 Å². The van der Waals surface area contributed by atoms with Crippen LogP contribution in [0.1, 0.15) is 23.6 Å². The van der Waals surface area contributed by atoms with Gasteiger partial charge >= 0.3 is 0 Å². The molecule has 0 spiro atoms. The molecule has 27 heavy (non-hydrogen) atoms. The Morgan fingerprint density at radius 2 is 1.78 bits per heavy atom. The van der Waals surface area contributed by atoms with Crippen LogP contribution in [-0.2, 0) is 11.3 Å². The third-order valence-electron chi connectivity index (χ3n) is 4.51. The maximum absolute atomic E-state index is 12.7. The van der Waals surface area contributed by atoms with Crippen LogP contribution in [-0.4, -0.2) is 24.7 Å². The second kappa shape index (κ2) is 8.94. The quantitative estimate of drug-likeness (QED) is 0.661. The van der Waals surface area contributed by atoms with Gasteiger partial charge in [0.15, 0.2) is 0 Å². The lowest BCUT2D eigenvalue weighted by Crippen LogP contribution is -2.26. The number of ether oxygens (including phenoxy) is 2. The van der Waals surface area contributed by atoms with Crippen molar-refractivity contribution in [2.45, 2.75) is 19.0 Å². The summed E-state index contributed by atoms with van der Waals surface area (Å²) >= 11 is 0. The normalized spacial score (nSPS) is 11.6. The highest BCUT2D eigenvalue weighted by Gasteiger charge is 2.18. The van der Waals surface area contributed by atoms with E-state index in [1.54, 1.807) is 14.2 Å². The second-order valence-electron chi connectivity index (χ2n) is 6.22. The van der Waals surface area contributed by atoms with E-state index in [-0.39, 0.29) is 11.9 Å². The van der Waals surface area contributed by atoms with Gasteiger partial charge in [-0.2, -0.15) is 0 Å². The maximum Gasteiger partial charge on any atom is 0.222 e. The topological polar surface area (TPSA) is 52.5 Å². The van der Waals surface area contributed by atoms with Crippen molar-refractivity contribution in [2.24, 2.45) is 0 Å². The molecule has 0 aliphatic carbocycles. The van der Waals surface area contributed by atoms with Crippen LogP contribution in [0.3, 0.4) is 0 Å². The van der Waals surface area contributed by atoms with Crippen LogP contribution in [0, 0.1) is 0 Å². The Balaban J connectivity index is 1.73. The van der Waals surface area contributed by atoms with Crippen LogP contribution in [0.2, 0.25) is 0 Å². The molecule has 1 amide bonds. The number of nitrogens with one attached hydrogen (secondary N) is 1. The molecule has 1 aromatic heterocycles. The van der Waals surface area contributed by atoms with Gasteiger partial charge in [-0.15, -0.1) is 0 Å². The van der Waals surface area contributed by atoms with E-state index in [0.29, 0.717) is 13.0 Å². The lowest BCUT2D eigenvalue weighted by molar-refractivity contribution is -0.121. The highest BCUT2D eigenvalue weighted by molar-refractivity contribution is 5.77. The molecule has 0 fully saturated rings. The Kier molecular flexibility index (Phi) is 6.15. The number of hydrogen-bond donors (Lipinski definition) is 1. The molecule has 0 bridgehead atoms. The van der Waals surface area contributed by atoms with E-state index in [4.69, 9.17) is 9.47 Å². The van der Waals surface area contributed by atoms with Gasteiger partial charge in [0.2, 0.25) is 5.91 Å². The summed E-state index contributed by atoms with van der Waals surface area (Å²) in [7, 11) is 3.27. The van der Waals surface area contributed by atoms with Gasteiger partial charge in [-0.05, 0) is 35.9 Å². The summed E-state index contributed by atoms with van der Waals surface area (Å²) < 4.78 is 12.7. The molecule has 0 saturated carbocycles. The van der Waals surface area contributed by atoms with Gasteiger partial charge in [0.1, 0.15) is 11.5 Å². The summed E-state index contributed by atoms with van der Waals surface area (Å²) in [5, 5.41) is 3.00. The van der Waals surface area contributed by atoms with Crippen LogP contribution < -0.4 is 14.8 Å². The molecule has 1 atom stereocenters. The summed E-state index contributed by atoms with van der Waals surface area (Å²) in [4.78, 5) is 12.7. The van der Waals surface area contributed by atoms with E-state index in [0.717, 1.165) is 22.6 Å². The fourth-order valence-electron chi connectivity index (χ4n) is 3.09. The first-order valence-electron chi connectivity index (χ1n) is 8.86. The van der Waals surface area contributed by atoms with Crippen LogP contribution in [0.4, 0.5) is 0 Å². The van der Waals surface area contributed by atoms with Crippen molar-refractivity contribution >= 4 is 5.91 Å². The molecule has 2 aromatic carbocycles. The summed E-state index contributed by atoms with van der Waals surface area (Å²) in [5.41, 5.74) is 1.98. The number of aromatic nitrogens is 1. The Morgan fingerprint density at radius 3 is 2.52 bits per heavy atom. The molecule has 0 saturated heterocycles. The molecule has 0 aliphatic rings. The lowest BCUT2D eigenvalue weighted by Gasteiger charge is -2.20. The molecular formula is C22H24N2O3. The minimum absolute atomic E-state index is 0.0255. The number of para-hydroxylation sites is 1. The largest absolute Gasteiger partial charge is 0.497 e. The zero-order valence-electron chi connectivity index (χ0n) is 15.6. The zero-order chi connectivity index (χ0) is 19.1. The number of methoxy groups -OCH3 is 2. The fraction of sp³-hybridized carbons (Fsp3) is 0.227. The van der Waals surface area contributed by atoms with Crippen molar-refractivity contribution in [2.75, 3.05) is 14.2 Å². The third kappa shape index (κ3) is 4.70. The Hall–Kier alpha value is -3.21. The van der Waals surface area contributed by atoms with Crippen molar-refractivity contribution in [1.82, 2.24) is 9.88 Å². The Labute approximate surface area is 159 Å². The lowest BCUT2D eigenvalue weighted by atomic mass is 10.0. The predicted molar refractivity (Wildman–Crippen MR) is 105 cm³/mol. The molecule has 3 rings (SSSR count). The third-order valence-corrected chi connectivity index (χ3v) is 4.51. The molecule has 3 aromatic rings.